The van der Waals surface area contributed by atoms with Crippen LogP contribution < -0.4 is 19.6 Å². The van der Waals surface area contributed by atoms with Gasteiger partial charge in [0.25, 0.3) is 11.5 Å². The Labute approximate surface area is 203 Å². The maximum atomic E-state index is 13.4. The van der Waals surface area contributed by atoms with E-state index in [2.05, 4.69) is 4.99 Å². The van der Waals surface area contributed by atoms with Crippen LogP contribution in [0.5, 0.6) is 5.75 Å². The Bertz CT molecular complexity index is 1420. The van der Waals surface area contributed by atoms with Crippen LogP contribution in [0.2, 0.25) is 0 Å². The third kappa shape index (κ3) is 5.18. The van der Waals surface area contributed by atoms with E-state index in [0.717, 1.165) is 22.9 Å². The van der Waals surface area contributed by atoms with Crippen molar-refractivity contribution < 1.29 is 24.2 Å². The first kappa shape index (κ1) is 25.1. The number of aromatic nitrogens is 1. The Morgan fingerprint density at radius 1 is 1.15 bits per heavy atom. The molecule has 0 radical (unpaired) electrons. The Morgan fingerprint density at radius 2 is 1.79 bits per heavy atom. The molecule has 3 heterocycles. The zero-order valence-corrected chi connectivity index (χ0v) is 21.0. The summed E-state index contributed by atoms with van der Waals surface area (Å²) in [6.07, 6.45) is 1.89. The van der Waals surface area contributed by atoms with Gasteiger partial charge in [-0.05, 0) is 54.6 Å². The molecule has 1 aliphatic heterocycles. The number of thiazole rings is 1. The summed E-state index contributed by atoms with van der Waals surface area (Å²) in [4.78, 5) is 41.2. The molecule has 4 rings (SSSR count). The number of rotatable bonds is 4. The average molecular weight is 501 g/mol. The molecule has 1 N–H and O–H groups in total. The molecule has 1 aromatic carbocycles. The number of nitrogens with zero attached hydrogens (tertiary/aromatic N) is 2. The summed E-state index contributed by atoms with van der Waals surface area (Å²) in [7, 11) is 2.92. The summed E-state index contributed by atoms with van der Waals surface area (Å²) in [6.45, 7) is 4.86. The van der Waals surface area contributed by atoms with Gasteiger partial charge >= 0.3 is 5.97 Å². The fourth-order valence-electron chi connectivity index (χ4n) is 3.45. The predicted molar refractivity (Wildman–Crippen MR) is 131 cm³/mol. The molecule has 34 heavy (non-hydrogen) atoms. The summed E-state index contributed by atoms with van der Waals surface area (Å²) in [5.74, 6) is -0.639. The molecule has 0 spiro atoms. The van der Waals surface area contributed by atoms with Crippen LogP contribution in [0.1, 0.15) is 35.9 Å². The van der Waals surface area contributed by atoms with Crippen LogP contribution >= 0.6 is 22.7 Å². The highest BCUT2D eigenvalue weighted by Crippen LogP contribution is 2.31. The molecular formula is C24H24N2O6S2. The van der Waals surface area contributed by atoms with Crippen molar-refractivity contribution in [3.05, 3.63) is 82.7 Å². The number of methoxy groups -OCH3 is 2. The molecule has 0 saturated carbocycles. The second-order valence-electron chi connectivity index (χ2n) is 7.33. The van der Waals surface area contributed by atoms with E-state index in [1.54, 1.807) is 29.9 Å². The number of hydrogen-bond acceptors (Lipinski definition) is 8. The third-order valence-electron chi connectivity index (χ3n) is 5.02. The summed E-state index contributed by atoms with van der Waals surface area (Å²) >= 11 is 2.91. The number of carboxylic acids is 1. The monoisotopic (exact) mass is 500 g/mol. The van der Waals surface area contributed by atoms with E-state index in [9.17, 15) is 9.59 Å². The van der Waals surface area contributed by atoms with Gasteiger partial charge in [0, 0.05) is 11.8 Å². The zero-order valence-electron chi connectivity index (χ0n) is 19.3. The number of carbonyl (C=O) groups excluding carboxylic acids is 1. The first-order valence-electron chi connectivity index (χ1n) is 10.2. The SMILES string of the molecule is CC(=O)O.COC(=O)C1=C(C)N=c2s/c(=C/c3sccc3C)c(=O)n2C1c1ccc(OC)cc1. The molecule has 178 valence electrons. The number of carboxylic acid groups (broad SMARTS) is 1. The number of thiophene rings is 1. The van der Waals surface area contributed by atoms with Gasteiger partial charge in [-0.3, -0.25) is 14.2 Å². The van der Waals surface area contributed by atoms with Crippen molar-refractivity contribution in [1.82, 2.24) is 4.57 Å². The lowest BCUT2D eigenvalue weighted by molar-refractivity contribution is -0.137. The standard InChI is InChI=1S/C22H20N2O4S2.C2H4O2/c1-12-9-10-29-16(12)11-17-20(25)24-19(14-5-7-15(27-3)8-6-14)18(21(26)28-4)13(2)23-22(24)30-17;1-2(3)4/h5-11,19H,1-4H3;1H3,(H,3,4)/b17-11+;. The number of fused-ring (bicyclic) bond motifs is 1. The van der Waals surface area contributed by atoms with Crippen LogP contribution in [-0.4, -0.2) is 35.8 Å². The highest BCUT2D eigenvalue weighted by atomic mass is 32.1. The molecule has 0 fully saturated rings. The van der Waals surface area contributed by atoms with E-state index >= 15 is 0 Å². The lowest BCUT2D eigenvalue weighted by Crippen LogP contribution is -2.39. The summed E-state index contributed by atoms with van der Waals surface area (Å²) < 4.78 is 12.4. The maximum Gasteiger partial charge on any atom is 0.338 e. The number of esters is 1. The maximum absolute atomic E-state index is 13.4. The molecule has 2 aromatic heterocycles. The van der Waals surface area contributed by atoms with Gasteiger partial charge in [-0.25, -0.2) is 9.79 Å². The van der Waals surface area contributed by atoms with Crippen LogP contribution in [0.25, 0.3) is 6.08 Å². The van der Waals surface area contributed by atoms with E-state index in [0.29, 0.717) is 26.4 Å². The van der Waals surface area contributed by atoms with Gasteiger partial charge in [0.05, 0.1) is 36.1 Å². The summed E-state index contributed by atoms with van der Waals surface area (Å²) in [5.41, 5.74) is 2.62. The molecule has 8 nitrogen and oxygen atoms in total. The van der Waals surface area contributed by atoms with Crippen molar-refractivity contribution in [2.75, 3.05) is 14.2 Å². The average Bonchev–Trinajstić information content (AvgIpc) is 3.34. The Kier molecular flexibility index (Phi) is 7.85. The molecule has 3 aromatic rings. The molecule has 1 unspecified atom stereocenters. The van der Waals surface area contributed by atoms with Crippen LogP contribution in [0.4, 0.5) is 0 Å². The van der Waals surface area contributed by atoms with Crippen LogP contribution in [-0.2, 0) is 14.3 Å². The number of benzene rings is 1. The minimum absolute atomic E-state index is 0.179. The molecule has 10 heteroatoms. The minimum atomic E-state index is -0.833. The second kappa shape index (κ2) is 10.6. The van der Waals surface area contributed by atoms with E-state index in [-0.39, 0.29) is 5.56 Å². The molecular weight excluding hydrogens is 476 g/mol. The molecule has 0 aliphatic carbocycles. The van der Waals surface area contributed by atoms with Gasteiger partial charge in [-0.2, -0.15) is 0 Å². The van der Waals surface area contributed by atoms with Gasteiger partial charge in [0.15, 0.2) is 4.80 Å². The van der Waals surface area contributed by atoms with Gasteiger partial charge in [0.2, 0.25) is 0 Å². The highest BCUT2D eigenvalue weighted by molar-refractivity contribution is 7.11. The third-order valence-corrected chi connectivity index (χ3v) is 6.97. The number of allylic oxidation sites excluding steroid dienone is 1. The lowest BCUT2D eigenvalue weighted by atomic mass is 9.96. The largest absolute Gasteiger partial charge is 0.497 e. The van der Waals surface area contributed by atoms with Crippen molar-refractivity contribution in [3.8, 4) is 5.75 Å². The lowest BCUT2D eigenvalue weighted by Gasteiger charge is -2.24. The fourth-order valence-corrected chi connectivity index (χ4v) is 5.41. The smallest absolute Gasteiger partial charge is 0.338 e. The predicted octanol–water partition coefficient (Wildman–Crippen LogP) is 2.88. The van der Waals surface area contributed by atoms with Crippen molar-refractivity contribution in [3.63, 3.8) is 0 Å². The fraction of sp³-hybridized carbons (Fsp3) is 0.250. The Morgan fingerprint density at radius 3 is 2.32 bits per heavy atom. The van der Waals surface area contributed by atoms with Crippen LogP contribution in [0, 0.1) is 6.92 Å². The summed E-state index contributed by atoms with van der Waals surface area (Å²) in [6, 6.07) is 8.73. The van der Waals surface area contributed by atoms with E-state index in [1.165, 1.54) is 18.4 Å². The quantitative estimate of drug-likeness (QED) is 0.552. The highest BCUT2D eigenvalue weighted by Gasteiger charge is 2.33. The number of aliphatic carboxylic acids is 1. The molecule has 0 amide bonds. The van der Waals surface area contributed by atoms with Crippen molar-refractivity contribution in [2.24, 2.45) is 4.99 Å². The van der Waals surface area contributed by atoms with Crippen molar-refractivity contribution in [2.45, 2.75) is 26.8 Å². The number of ether oxygens (including phenoxy) is 2. The van der Waals surface area contributed by atoms with E-state index < -0.39 is 18.0 Å². The normalized spacial score (nSPS) is 15.1. The topological polar surface area (TPSA) is 107 Å². The van der Waals surface area contributed by atoms with E-state index in [4.69, 9.17) is 19.4 Å². The first-order valence-corrected chi connectivity index (χ1v) is 11.9. The van der Waals surface area contributed by atoms with Gasteiger partial charge in [-0.15, -0.1) is 11.3 Å². The Hall–Kier alpha value is -3.50. The first-order chi connectivity index (χ1) is 16.2. The Balaban J connectivity index is 0.000000751. The molecule has 0 bridgehead atoms. The molecule has 1 aliphatic rings. The van der Waals surface area contributed by atoms with Crippen LogP contribution in [0.3, 0.4) is 0 Å². The molecule has 1 atom stereocenters. The van der Waals surface area contributed by atoms with Gasteiger partial charge < -0.3 is 14.6 Å². The summed E-state index contributed by atoms with van der Waals surface area (Å²) in [5, 5.41) is 9.41. The number of hydrogen-bond donors (Lipinski definition) is 1. The number of carbonyl (C=O) groups is 2. The van der Waals surface area contributed by atoms with Crippen molar-refractivity contribution >= 4 is 40.7 Å². The van der Waals surface area contributed by atoms with Crippen LogP contribution in [0.15, 0.2) is 56.8 Å². The van der Waals surface area contributed by atoms with Crippen molar-refractivity contribution in [1.29, 1.82) is 0 Å². The van der Waals surface area contributed by atoms with Gasteiger partial charge in [0.1, 0.15) is 5.75 Å². The second-order valence-corrected chi connectivity index (χ2v) is 9.29. The zero-order chi connectivity index (χ0) is 25.0. The van der Waals surface area contributed by atoms with E-state index in [1.807, 2.05) is 48.7 Å². The molecule has 0 saturated heterocycles. The van der Waals surface area contributed by atoms with Gasteiger partial charge in [-0.1, -0.05) is 23.5 Å². The number of aryl methyl sites for hydroxylation is 1. The minimum Gasteiger partial charge on any atom is -0.497 e.